The van der Waals surface area contributed by atoms with E-state index in [1.165, 1.54) is 11.9 Å². The van der Waals surface area contributed by atoms with Crippen LogP contribution in [0.2, 0.25) is 0 Å². The summed E-state index contributed by atoms with van der Waals surface area (Å²) in [5.74, 6) is -2.76. The summed E-state index contributed by atoms with van der Waals surface area (Å²) in [5, 5.41) is 14.4. The quantitative estimate of drug-likeness (QED) is 0.604. The number of aliphatic carboxylic acids is 1. The maximum Gasteiger partial charge on any atom is 0.490 e. The molecule has 3 rings (SSSR count). The highest BCUT2D eigenvalue weighted by Gasteiger charge is 2.38. The molecule has 0 fully saturated rings. The zero-order chi connectivity index (χ0) is 22.7. The minimum absolute atomic E-state index is 0.0737. The Morgan fingerprint density at radius 3 is 2.57 bits per heavy atom. The van der Waals surface area contributed by atoms with Crippen molar-refractivity contribution in [1.29, 1.82) is 0 Å². The number of fused-ring (bicyclic) bond motifs is 1. The molecular formula is C16H23F3N6O4S. The van der Waals surface area contributed by atoms with Crippen LogP contribution in [0.3, 0.4) is 0 Å². The molecule has 30 heavy (non-hydrogen) atoms. The number of rotatable bonds is 5. The summed E-state index contributed by atoms with van der Waals surface area (Å²) in [4.78, 5) is 15.6. The first-order chi connectivity index (χ1) is 13.8. The largest absolute Gasteiger partial charge is 0.490 e. The number of alkyl halides is 3. The van der Waals surface area contributed by atoms with Gasteiger partial charge in [-0.1, -0.05) is 0 Å². The minimum atomic E-state index is -5.08. The summed E-state index contributed by atoms with van der Waals surface area (Å²) < 4.78 is 59.3. The van der Waals surface area contributed by atoms with Crippen LogP contribution in [0, 0.1) is 6.92 Å². The Morgan fingerprint density at radius 1 is 1.43 bits per heavy atom. The molecule has 0 saturated heterocycles. The van der Waals surface area contributed by atoms with Crippen molar-refractivity contribution in [1.82, 2.24) is 29.4 Å². The minimum Gasteiger partial charge on any atom is -0.475 e. The van der Waals surface area contributed by atoms with Crippen LogP contribution >= 0.6 is 0 Å². The summed E-state index contributed by atoms with van der Waals surface area (Å²) >= 11 is 0. The van der Waals surface area contributed by atoms with Crippen molar-refractivity contribution < 1.29 is 31.5 Å². The number of nitrogens with one attached hydrogen (secondary N) is 2. The second-order valence-corrected chi connectivity index (χ2v) is 8.81. The van der Waals surface area contributed by atoms with E-state index in [9.17, 15) is 21.6 Å². The van der Waals surface area contributed by atoms with Gasteiger partial charge < -0.3 is 9.67 Å². The molecule has 14 heteroatoms. The molecule has 2 aromatic heterocycles. The van der Waals surface area contributed by atoms with Crippen molar-refractivity contribution in [2.45, 2.75) is 38.7 Å². The third-order valence-electron chi connectivity index (χ3n) is 4.39. The molecule has 2 aromatic rings. The van der Waals surface area contributed by atoms with E-state index >= 15 is 0 Å². The summed E-state index contributed by atoms with van der Waals surface area (Å²) in [5.41, 5.74) is 4.18. The van der Waals surface area contributed by atoms with Gasteiger partial charge in [-0.25, -0.2) is 22.9 Å². The Morgan fingerprint density at radius 2 is 2.07 bits per heavy atom. The maximum absolute atomic E-state index is 11.4. The first-order valence-electron chi connectivity index (χ1n) is 8.75. The first-order valence-corrected chi connectivity index (χ1v) is 10.6. The molecule has 0 aliphatic carbocycles. The van der Waals surface area contributed by atoms with E-state index in [2.05, 4.69) is 24.8 Å². The Kier molecular flexibility index (Phi) is 7.26. The average molecular weight is 452 g/mol. The lowest BCUT2D eigenvalue weighted by atomic mass is 10.0. The lowest BCUT2D eigenvalue weighted by Gasteiger charge is -2.35. The molecule has 0 bridgehead atoms. The van der Waals surface area contributed by atoms with E-state index in [0.717, 1.165) is 23.5 Å². The highest BCUT2D eigenvalue weighted by Crippen LogP contribution is 2.23. The Bertz CT molecular complexity index is 986. The Balaban J connectivity index is 0.000000396. The van der Waals surface area contributed by atoms with Gasteiger partial charge in [-0.3, -0.25) is 10.00 Å². The molecule has 3 N–H and O–H groups in total. The molecule has 0 aromatic carbocycles. The fourth-order valence-corrected chi connectivity index (χ4v) is 3.46. The third kappa shape index (κ3) is 6.81. The summed E-state index contributed by atoms with van der Waals surface area (Å²) in [7, 11) is -1.24. The summed E-state index contributed by atoms with van der Waals surface area (Å²) in [6.07, 6.45) is -1.32. The van der Waals surface area contributed by atoms with Gasteiger partial charge in [-0.15, -0.1) is 0 Å². The average Bonchev–Trinajstić information content (AvgIpc) is 3.17. The number of sulfonamides is 1. The molecule has 0 radical (unpaired) electrons. The van der Waals surface area contributed by atoms with Gasteiger partial charge in [0.2, 0.25) is 10.0 Å². The number of aryl methyl sites for hydroxylation is 2. The number of hydrogen-bond donors (Lipinski definition) is 3. The predicted molar refractivity (Wildman–Crippen MR) is 99.8 cm³/mol. The summed E-state index contributed by atoms with van der Waals surface area (Å²) in [6, 6.07) is 2.08. The molecule has 0 spiro atoms. The van der Waals surface area contributed by atoms with E-state index in [1.54, 1.807) is 0 Å². The van der Waals surface area contributed by atoms with Crippen LogP contribution in [-0.2, 0) is 41.4 Å². The lowest BCUT2D eigenvalue weighted by Crippen LogP contribution is -2.47. The normalized spacial score (nSPS) is 17.2. The van der Waals surface area contributed by atoms with Crippen LogP contribution in [0.25, 0.3) is 0 Å². The fraction of sp³-hybridized carbons (Fsp3) is 0.562. The second-order valence-electron chi connectivity index (χ2n) is 6.98. The topological polar surface area (TPSA) is 133 Å². The summed E-state index contributed by atoms with van der Waals surface area (Å²) in [6.45, 7) is 3.70. The number of carboxylic acid groups (broad SMARTS) is 1. The molecule has 1 unspecified atom stereocenters. The number of nitrogens with zero attached hydrogens (tertiary/aromatic N) is 4. The molecule has 10 nitrogen and oxygen atoms in total. The van der Waals surface area contributed by atoms with Gasteiger partial charge in [0.1, 0.15) is 0 Å². The van der Waals surface area contributed by atoms with Crippen molar-refractivity contribution in [2.75, 3.05) is 12.8 Å². The molecule has 1 atom stereocenters. The third-order valence-corrected chi connectivity index (χ3v) is 5.08. The fourth-order valence-electron chi connectivity index (χ4n) is 2.97. The van der Waals surface area contributed by atoms with E-state index in [-0.39, 0.29) is 6.04 Å². The van der Waals surface area contributed by atoms with Crippen molar-refractivity contribution in [3.8, 4) is 0 Å². The number of aromatic nitrogens is 4. The molecule has 0 amide bonds. The van der Waals surface area contributed by atoms with E-state index in [1.807, 2.05) is 30.9 Å². The highest BCUT2D eigenvalue weighted by molar-refractivity contribution is 7.88. The molecule has 0 saturated carbocycles. The van der Waals surface area contributed by atoms with Gasteiger partial charge in [0.05, 0.1) is 24.0 Å². The number of aromatic amines is 1. The van der Waals surface area contributed by atoms with Gasteiger partial charge in [0.25, 0.3) is 0 Å². The number of H-pyrrole nitrogens is 1. The maximum atomic E-state index is 11.4. The van der Waals surface area contributed by atoms with Crippen LogP contribution < -0.4 is 4.72 Å². The number of halogens is 3. The van der Waals surface area contributed by atoms with Gasteiger partial charge in [0.15, 0.2) is 0 Å². The van der Waals surface area contributed by atoms with Crippen LogP contribution in [0.1, 0.15) is 22.8 Å². The standard InChI is InChI=1S/C14H22N6O2S.C2HF3O2/c1-10-4-11(18-17-10)7-20-8-13-14(19(2)9-15-13)5-12(20)6-16-23(3,21)22;3-2(4,5)1(6)7/h4,9,12,16H,5-8H2,1-3H3,(H,17,18);(H,6,7). The Labute approximate surface area is 171 Å². The lowest BCUT2D eigenvalue weighted by molar-refractivity contribution is -0.192. The van der Waals surface area contributed by atoms with Gasteiger partial charge in [-0.2, -0.15) is 18.3 Å². The van der Waals surface area contributed by atoms with Crippen LogP contribution in [0.5, 0.6) is 0 Å². The first kappa shape index (κ1) is 23.8. The van der Waals surface area contributed by atoms with Crippen LogP contribution in [0.15, 0.2) is 12.4 Å². The molecule has 1 aliphatic heterocycles. The smallest absolute Gasteiger partial charge is 0.475 e. The van der Waals surface area contributed by atoms with Crippen LogP contribution in [-0.4, -0.2) is 69.2 Å². The van der Waals surface area contributed by atoms with Crippen molar-refractivity contribution in [3.05, 3.63) is 35.2 Å². The van der Waals surface area contributed by atoms with Crippen molar-refractivity contribution in [2.24, 2.45) is 7.05 Å². The van der Waals surface area contributed by atoms with E-state index < -0.39 is 22.2 Å². The molecular weight excluding hydrogens is 429 g/mol. The zero-order valence-electron chi connectivity index (χ0n) is 16.6. The molecule has 3 heterocycles. The van der Waals surface area contributed by atoms with Gasteiger partial charge >= 0.3 is 12.1 Å². The highest BCUT2D eigenvalue weighted by atomic mass is 32.2. The molecule has 168 valence electrons. The number of hydrogen-bond acceptors (Lipinski definition) is 6. The molecule has 1 aliphatic rings. The van der Waals surface area contributed by atoms with Crippen molar-refractivity contribution in [3.63, 3.8) is 0 Å². The SMILES string of the molecule is Cc1cc(CN2Cc3ncn(C)c3CC2CNS(C)(=O)=O)n[nH]1.O=C(O)C(F)(F)F. The van der Waals surface area contributed by atoms with Crippen molar-refractivity contribution >= 4 is 16.0 Å². The zero-order valence-corrected chi connectivity index (χ0v) is 17.4. The number of imidazole rings is 1. The van der Waals surface area contributed by atoms with E-state index in [4.69, 9.17) is 9.90 Å². The number of carbonyl (C=O) groups is 1. The monoisotopic (exact) mass is 452 g/mol. The predicted octanol–water partition coefficient (Wildman–Crippen LogP) is 0.561. The number of carboxylic acids is 1. The van der Waals surface area contributed by atoms with Gasteiger partial charge in [-0.05, 0) is 13.0 Å². The van der Waals surface area contributed by atoms with Crippen LogP contribution in [0.4, 0.5) is 13.2 Å². The second kappa shape index (κ2) is 9.14. The Hall–Kier alpha value is -2.45. The van der Waals surface area contributed by atoms with E-state index in [0.29, 0.717) is 19.6 Å². The van der Waals surface area contributed by atoms with Gasteiger partial charge in [0, 0.05) is 50.5 Å².